The fourth-order valence-corrected chi connectivity index (χ4v) is 7.86. The second-order valence-electron chi connectivity index (χ2n) is 10.2. The van der Waals surface area contributed by atoms with Gasteiger partial charge in [0, 0.05) is 6.54 Å². The quantitative estimate of drug-likeness (QED) is 0.201. The second kappa shape index (κ2) is 11.0. The van der Waals surface area contributed by atoms with Crippen molar-refractivity contribution in [3.63, 3.8) is 0 Å². The number of ether oxygens (including phenoxy) is 1. The smallest absolute Gasteiger partial charge is 0.226 e. The average molecular weight is 598 g/mol. The molecule has 2 aliphatic heterocycles. The van der Waals surface area contributed by atoms with Gasteiger partial charge in [-0.05, 0) is 35.6 Å². The molecule has 5 N–H and O–H groups in total. The van der Waals surface area contributed by atoms with Crippen molar-refractivity contribution in [3.05, 3.63) is 47.0 Å². The summed E-state index contributed by atoms with van der Waals surface area (Å²) in [6.45, 7) is 0.419. The maximum absolute atomic E-state index is 10.8. The lowest BCUT2D eigenvalue weighted by Crippen LogP contribution is -2.43. The number of nitrogens with zero attached hydrogens (tertiary/aromatic N) is 5. The van der Waals surface area contributed by atoms with Gasteiger partial charge in [0.1, 0.15) is 18.3 Å². The third kappa shape index (κ3) is 4.95. The van der Waals surface area contributed by atoms with Crippen molar-refractivity contribution < 1.29 is 34.2 Å². The monoisotopic (exact) mass is 597 g/mol. The molecule has 6 rings (SSSR count). The van der Waals surface area contributed by atoms with E-state index in [1.807, 2.05) is 6.07 Å². The zero-order chi connectivity index (χ0) is 27.3. The van der Waals surface area contributed by atoms with Gasteiger partial charge in [-0.1, -0.05) is 43.5 Å². The van der Waals surface area contributed by atoms with Crippen molar-refractivity contribution in [1.82, 2.24) is 19.5 Å². The van der Waals surface area contributed by atoms with Crippen LogP contribution in [0.2, 0.25) is 5.28 Å². The van der Waals surface area contributed by atoms with Crippen molar-refractivity contribution in [2.45, 2.75) is 68.7 Å². The molecule has 210 valence electrons. The summed E-state index contributed by atoms with van der Waals surface area (Å²) in [5, 5.41) is 21.5. The van der Waals surface area contributed by atoms with Crippen molar-refractivity contribution in [1.29, 1.82) is 0 Å². The van der Waals surface area contributed by atoms with Gasteiger partial charge in [-0.15, -0.1) is 0 Å². The molecule has 1 aromatic carbocycles. The van der Waals surface area contributed by atoms with Crippen LogP contribution < -0.4 is 4.90 Å². The third-order valence-corrected chi connectivity index (χ3v) is 10.5. The highest BCUT2D eigenvalue weighted by Crippen LogP contribution is 2.51. The first kappa shape index (κ1) is 27.6. The molecular formula is C24H30ClN5O7P2. The Balaban J connectivity index is 1.32. The standard InChI is InChI=1S/C24H30ClN5O7P2/c25-23-27-20-17(21(28-23)30-10-14-6-2-3-7-15(14)24(30)8-4-1-5-9-24)26-12-29(20)22-19(32)18(31)16(37-22)11-36-39(35)13-38(33)34/h2-3,6-7,12,16,18-19,22,31-35H,1,4-5,8-11,13H2. The highest BCUT2D eigenvalue weighted by atomic mass is 35.5. The lowest BCUT2D eigenvalue weighted by atomic mass is 9.76. The van der Waals surface area contributed by atoms with Crippen molar-refractivity contribution in [3.8, 4) is 0 Å². The number of rotatable bonds is 7. The predicted molar refractivity (Wildman–Crippen MR) is 145 cm³/mol. The van der Waals surface area contributed by atoms with Gasteiger partial charge < -0.3 is 39.1 Å². The van der Waals surface area contributed by atoms with E-state index in [0.29, 0.717) is 23.5 Å². The van der Waals surface area contributed by atoms with Crippen LogP contribution in [0.25, 0.3) is 11.2 Å². The summed E-state index contributed by atoms with van der Waals surface area (Å²) >= 11 is 6.47. The molecule has 5 unspecified atom stereocenters. The molecule has 1 spiro atoms. The summed E-state index contributed by atoms with van der Waals surface area (Å²) in [5.41, 5.74) is 3.23. The number of aliphatic hydroxyl groups is 2. The summed E-state index contributed by atoms with van der Waals surface area (Å²) in [6.07, 6.45) is 2.20. The van der Waals surface area contributed by atoms with Crippen LogP contribution in [0, 0.1) is 0 Å². The number of anilines is 1. The number of aromatic nitrogens is 4. The summed E-state index contributed by atoms with van der Waals surface area (Å²) in [6, 6.07) is 8.48. The number of benzene rings is 1. The first-order valence-corrected chi connectivity index (χ1v) is 16.0. The molecule has 1 saturated heterocycles. The van der Waals surface area contributed by atoms with E-state index in [-0.39, 0.29) is 23.3 Å². The Morgan fingerprint density at radius 2 is 1.85 bits per heavy atom. The van der Waals surface area contributed by atoms with Gasteiger partial charge >= 0.3 is 0 Å². The minimum absolute atomic E-state index is 0.0320. The highest BCUT2D eigenvalue weighted by molar-refractivity contribution is 7.63. The lowest BCUT2D eigenvalue weighted by Gasteiger charge is -2.43. The van der Waals surface area contributed by atoms with Gasteiger partial charge in [0.25, 0.3) is 0 Å². The molecule has 3 aliphatic rings. The van der Waals surface area contributed by atoms with E-state index in [9.17, 15) is 15.1 Å². The third-order valence-electron chi connectivity index (χ3n) is 7.92. The van der Waals surface area contributed by atoms with E-state index in [1.54, 1.807) is 0 Å². The van der Waals surface area contributed by atoms with Crippen molar-refractivity contribution in [2.24, 2.45) is 0 Å². The first-order valence-electron chi connectivity index (χ1n) is 12.8. The normalized spacial score (nSPS) is 27.1. The molecule has 0 amide bonds. The van der Waals surface area contributed by atoms with Gasteiger partial charge in [-0.2, -0.15) is 9.97 Å². The minimum Gasteiger partial charge on any atom is -0.387 e. The summed E-state index contributed by atoms with van der Waals surface area (Å²) in [5.74, 6) is 0.316. The Hall–Kier alpha value is -1.56. The zero-order valence-corrected chi connectivity index (χ0v) is 23.5. The van der Waals surface area contributed by atoms with Crippen LogP contribution in [0.1, 0.15) is 49.5 Å². The maximum Gasteiger partial charge on any atom is 0.226 e. The van der Waals surface area contributed by atoms with E-state index < -0.39 is 41.3 Å². The predicted octanol–water partition coefficient (Wildman–Crippen LogP) is 2.85. The molecule has 1 aliphatic carbocycles. The van der Waals surface area contributed by atoms with Crippen LogP contribution in [0.15, 0.2) is 30.6 Å². The van der Waals surface area contributed by atoms with E-state index in [2.05, 4.69) is 38.1 Å². The minimum atomic E-state index is -2.32. The van der Waals surface area contributed by atoms with Crippen molar-refractivity contribution >= 4 is 45.3 Å². The van der Waals surface area contributed by atoms with Gasteiger partial charge in [-0.25, -0.2) is 4.98 Å². The maximum atomic E-state index is 10.8. The Bertz CT molecular complexity index is 1340. The average Bonchev–Trinajstić information content (AvgIpc) is 3.55. The van der Waals surface area contributed by atoms with E-state index in [0.717, 1.165) is 25.7 Å². The summed E-state index contributed by atoms with van der Waals surface area (Å²) < 4.78 is 12.7. The van der Waals surface area contributed by atoms with E-state index in [1.165, 1.54) is 28.4 Å². The molecule has 3 aromatic rings. The van der Waals surface area contributed by atoms with Gasteiger partial charge in [0.2, 0.25) is 5.28 Å². The van der Waals surface area contributed by atoms with Crippen LogP contribution in [-0.2, 0) is 21.3 Å². The van der Waals surface area contributed by atoms with Crippen LogP contribution in [0.4, 0.5) is 5.82 Å². The number of imidazole rings is 1. The van der Waals surface area contributed by atoms with Crippen molar-refractivity contribution in [2.75, 3.05) is 17.4 Å². The number of hydrogen-bond donors (Lipinski definition) is 5. The molecule has 5 atom stereocenters. The molecule has 2 aromatic heterocycles. The Morgan fingerprint density at radius 1 is 1.08 bits per heavy atom. The lowest BCUT2D eigenvalue weighted by molar-refractivity contribution is -0.0471. The molecule has 2 fully saturated rings. The van der Waals surface area contributed by atoms with Crippen LogP contribution in [0.3, 0.4) is 0 Å². The number of aliphatic hydroxyl groups excluding tert-OH is 2. The number of halogens is 1. The van der Waals surface area contributed by atoms with Crippen LogP contribution in [0.5, 0.6) is 0 Å². The Labute approximate surface area is 232 Å². The molecule has 1 saturated carbocycles. The molecule has 39 heavy (non-hydrogen) atoms. The first-order chi connectivity index (χ1) is 18.8. The Morgan fingerprint density at radius 3 is 2.62 bits per heavy atom. The summed E-state index contributed by atoms with van der Waals surface area (Å²) in [4.78, 5) is 44.0. The fraction of sp³-hybridized carbons (Fsp3) is 0.542. The highest BCUT2D eigenvalue weighted by Gasteiger charge is 2.48. The van der Waals surface area contributed by atoms with Crippen LogP contribution >= 0.6 is 28.4 Å². The zero-order valence-electron chi connectivity index (χ0n) is 20.9. The summed E-state index contributed by atoms with van der Waals surface area (Å²) in [7, 11) is -4.42. The second-order valence-corrected chi connectivity index (χ2v) is 13.4. The molecule has 4 heterocycles. The van der Waals surface area contributed by atoms with Crippen LogP contribution in [-0.4, -0.2) is 75.2 Å². The molecule has 15 heteroatoms. The largest absolute Gasteiger partial charge is 0.387 e. The number of fused-ring (bicyclic) bond motifs is 3. The molecule has 0 radical (unpaired) electrons. The van der Waals surface area contributed by atoms with Gasteiger partial charge in [-0.3, -0.25) is 4.57 Å². The topological polar surface area (TPSA) is 166 Å². The number of hydrogen-bond acceptors (Lipinski definition) is 11. The van der Waals surface area contributed by atoms with E-state index in [4.69, 9.17) is 30.6 Å². The van der Waals surface area contributed by atoms with Gasteiger partial charge in [0.15, 0.2) is 40.0 Å². The molecule has 0 bridgehead atoms. The fourth-order valence-electron chi connectivity index (χ4n) is 6.19. The van der Waals surface area contributed by atoms with Gasteiger partial charge in [0.05, 0.1) is 24.4 Å². The SMILES string of the molecule is OC1C(COP(O)CP(O)O)OC(n2cnc3c(N4Cc5ccccc5C45CCCCC5)nc(Cl)nc32)C1O. The molecule has 12 nitrogen and oxygen atoms in total. The Kier molecular flexibility index (Phi) is 7.80. The van der Waals surface area contributed by atoms with E-state index >= 15 is 0 Å². The molecular weight excluding hydrogens is 568 g/mol.